The topological polar surface area (TPSA) is 219 Å². The molecule has 1 aliphatic carbocycles. The molecule has 11 unspecified atom stereocenters. The molecule has 2 heterocycles. The number of carboxylic acids is 1. The number of aliphatic carboxylic acids is 1. The molecule has 0 radical (unpaired) electrons. The summed E-state index contributed by atoms with van der Waals surface area (Å²) in [7, 11) is 1.17. The summed E-state index contributed by atoms with van der Waals surface area (Å²) < 4.78 is 26.8. The molecule has 0 bridgehead atoms. The number of carbonyl (C=O) groups excluding carboxylic acids is 2. The quantitative estimate of drug-likeness (QED) is 0.184. The smallest absolute Gasteiger partial charge is 0.337 e. The van der Waals surface area contributed by atoms with Crippen LogP contribution in [0, 0.1) is 17.8 Å². The lowest BCUT2D eigenvalue weighted by Gasteiger charge is -2.43. The highest BCUT2D eigenvalue weighted by atomic mass is 16.8. The number of carbonyl (C=O) groups is 3. The standard InChI is InChI=1S/C21H30O14/c1-7-11(33-19(30)10(23)4-13(24)25)3-8-9(18(29)31-2)6-32-20(14(7)8)35-21-17(28)16(27)15(26)12(5-22)34-21/h6-8,10-12,14-17,20-23,26-28H,3-5H2,1-2H3,(H,24,25). The van der Waals surface area contributed by atoms with Gasteiger partial charge >= 0.3 is 17.9 Å². The molecule has 198 valence electrons. The number of hydrogen-bond acceptors (Lipinski definition) is 13. The molecule has 3 aliphatic rings. The van der Waals surface area contributed by atoms with Crippen LogP contribution < -0.4 is 0 Å². The molecule has 2 aliphatic heterocycles. The van der Waals surface area contributed by atoms with Gasteiger partial charge in [0, 0.05) is 17.8 Å². The Balaban J connectivity index is 1.80. The lowest BCUT2D eigenvalue weighted by molar-refractivity contribution is -0.342. The van der Waals surface area contributed by atoms with Gasteiger partial charge in [0.15, 0.2) is 12.4 Å². The summed E-state index contributed by atoms with van der Waals surface area (Å²) in [4.78, 5) is 35.3. The molecular weight excluding hydrogens is 476 g/mol. The molecule has 1 saturated carbocycles. The minimum absolute atomic E-state index is 0.0935. The first-order valence-corrected chi connectivity index (χ1v) is 11.0. The number of hydrogen-bond donors (Lipinski definition) is 6. The number of methoxy groups -OCH3 is 1. The number of esters is 2. The van der Waals surface area contributed by atoms with E-state index in [-0.39, 0.29) is 12.0 Å². The van der Waals surface area contributed by atoms with Crippen molar-refractivity contribution in [2.45, 2.75) is 69.0 Å². The summed E-state index contributed by atoms with van der Waals surface area (Å²) in [6, 6.07) is 0. The number of aliphatic hydroxyl groups excluding tert-OH is 5. The minimum Gasteiger partial charge on any atom is -0.481 e. The third-order valence-corrected chi connectivity index (χ3v) is 6.63. The van der Waals surface area contributed by atoms with E-state index in [1.807, 2.05) is 0 Å². The fourth-order valence-corrected chi connectivity index (χ4v) is 4.71. The zero-order valence-corrected chi connectivity index (χ0v) is 19.0. The van der Waals surface area contributed by atoms with E-state index >= 15 is 0 Å². The second-order valence-corrected chi connectivity index (χ2v) is 8.77. The number of aliphatic hydroxyl groups is 5. The van der Waals surface area contributed by atoms with Crippen molar-refractivity contribution >= 4 is 17.9 Å². The fourth-order valence-electron chi connectivity index (χ4n) is 4.71. The van der Waals surface area contributed by atoms with Gasteiger partial charge in [-0.05, 0) is 6.42 Å². The van der Waals surface area contributed by atoms with E-state index < -0.39 is 97.9 Å². The van der Waals surface area contributed by atoms with Crippen LogP contribution in [-0.2, 0) is 38.1 Å². The molecular formula is C21H30O14. The highest BCUT2D eigenvalue weighted by molar-refractivity contribution is 5.89. The first-order valence-electron chi connectivity index (χ1n) is 11.0. The summed E-state index contributed by atoms with van der Waals surface area (Å²) in [5.41, 5.74) is 0.127. The molecule has 14 heteroatoms. The van der Waals surface area contributed by atoms with E-state index in [2.05, 4.69) is 0 Å². The fraction of sp³-hybridized carbons (Fsp3) is 0.762. The van der Waals surface area contributed by atoms with E-state index in [9.17, 15) is 39.9 Å². The SMILES string of the molecule is COC(=O)C1=COC(OC2OC(CO)C(O)C(O)C2O)C2C1CC(OC(=O)C(O)CC(=O)O)C2C. The van der Waals surface area contributed by atoms with E-state index in [1.54, 1.807) is 6.92 Å². The highest BCUT2D eigenvalue weighted by Gasteiger charge is 2.54. The number of fused-ring (bicyclic) bond motifs is 1. The van der Waals surface area contributed by atoms with Gasteiger partial charge in [-0.25, -0.2) is 9.59 Å². The number of ether oxygens (including phenoxy) is 5. The second kappa shape index (κ2) is 11.2. The summed E-state index contributed by atoms with van der Waals surface area (Å²) >= 11 is 0. The summed E-state index contributed by atoms with van der Waals surface area (Å²) in [5, 5.41) is 58.2. The van der Waals surface area contributed by atoms with Gasteiger partial charge in [-0.3, -0.25) is 4.79 Å². The summed E-state index contributed by atoms with van der Waals surface area (Å²) in [6.45, 7) is 1.00. The van der Waals surface area contributed by atoms with E-state index in [0.717, 1.165) is 6.26 Å². The Labute approximate surface area is 199 Å². The van der Waals surface area contributed by atoms with Crippen molar-refractivity contribution < 1.29 is 68.7 Å². The molecule has 0 aromatic heterocycles. The molecule has 0 aromatic carbocycles. The maximum Gasteiger partial charge on any atom is 0.337 e. The maximum atomic E-state index is 12.3. The molecule has 0 aromatic rings. The number of carboxylic acid groups (broad SMARTS) is 1. The Morgan fingerprint density at radius 2 is 1.83 bits per heavy atom. The van der Waals surface area contributed by atoms with Crippen molar-refractivity contribution in [1.29, 1.82) is 0 Å². The van der Waals surface area contributed by atoms with Crippen LogP contribution in [0.3, 0.4) is 0 Å². The molecule has 1 saturated heterocycles. The van der Waals surface area contributed by atoms with Crippen LogP contribution in [0.4, 0.5) is 0 Å². The van der Waals surface area contributed by atoms with E-state index in [4.69, 9.17) is 28.8 Å². The lowest BCUT2D eigenvalue weighted by Crippen LogP contribution is -2.60. The molecule has 0 spiro atoms. The van der Waals surface area contributed by atoms with Gasteiger partial charge in [0.25, 0.3) is 0 Å². The van der Waals surface area contributed by atoms with Crippen molar-refractivity contribution in [3.63, 3.8) is 0 Å². The van der Waals surface area contributed by atoms with Crippen molar-refractivity contribution in [3.05, 3.63) is 11.8 Å². The minimum atomic E-state index is -1.88. The largest absolute Gasteiger partial charge is 0.481 e. The van der Waals surface area contributed by atoms with Crippen molar-refractivity contribution in [2.75, 3.05) is 13.7 Å². The predicted octanol–water partition coefficient (Wildman–Crippen LogP) is -2.76. The molecule has 0 amide bonds. The third-order valence-electron chi connectivity index (χ3n) is 6.63. The van der Waals surface area contributed by atoms with Gasteiger partial charge in [-0.1, -0.05) is 6.92 Å². The molecule has 2 fully saturated rings. The van der Waals surface area contributed by atoms with Crippen LogP contribution in [-0.4, -0.2) is 111 Å². The molecule has 3 rings (SSSR count). The Morgan fingerprint density at radius 3 is 2.43 bits per heavy atom. The average Bonchev–Trinajstić information content (AvgIpc) is 3.14. The van der Waals surface area contributed by atoms with E-state index in [0.29, 0.717) is 0 Å². The lowest BCUT2D eigenvalue weighted by atomic mass is 9.83. The van der Waals surface area contributed by atoms with Crippen molar-refractivity contribution in [3.8, 4) is 0 Å². The summed E-state index contributed by atoms with van der Waals surface area (Å²) in [6.07, 6.45) is -11.3. The van der Waals surface area contributed by atoms with Gasteiger partial charge in [0.05, 0.1) is 32.0 Å². The predicted molar refractivity (Wildman–Crippen MR) is 109 cm³/mol. The summed E-state index contributed by atoms with van der Waals surface area (Å²) in [5.74, 6) is -5.06. The van der Waals surface area contributed by atoms with Crippen LogP contribution in [0.25, 0.3) is 0 Å². The van der Waals surface area contributed by atoms with Crippen LogP contribution in [0.1, 0.15) is 19.8 Å². The first kappa shape index (κ1) is 27.3. The molecule has 11 atom stereocenters. The van der Waals surface area contributed by atoms with Crippen molar-refractivity contribution in [2.24, 2.45) is 17.8 Å². The van der Waals surface area contributed by atoms with Gasteiger partial charge < -0.3 is 54.3 Å². The van der Waals surface area contributed by atoms with Crippen LogP contribution in [0.2, 0.25) is 0 Å². The Morgan fingerprint density at radius 1 is 1.14 bits per heavy atom. The first-order chi connectivity index (χ1) is 16.5. The second-order valence-electron chi connectivity index (χ2n) is 8.77. The average molecular weight is 506 g/mol. The van der Waals surface area contributed by atoms with Gasteiger partial charge in [0.2, 0.25) is 6.29 Å². The van der Waals surface area contributed by atoms with Gasteiger partial charge in [-0.2, -0.15) is 0 Å². The van der Waals surface area contributed by atoms with Crippen LogP contribution in [0.15, 0.2) is 11.8 Å². The van der Waals surface area contributed by atoms with Gasteiger partial charge in [-0.15, -0.1) is 0 Å². The number of rotatable bonds is 8. The highest BCUT2D eigenvalue weighted by Crippen LogP contribution is 2.48. The maximum absolute atomic E-state index is 12.3. The third kappa shape index (κ3) is 5.58. The monoisotopic (exact) mass is 506 g/mol. The van der Waals surface area contributed by atoms with Crippen LogP contribution in [0.5, 0.6) is 0 Å². The normalized spacial score (nSPS) is 39.6. The zero-order chi connectivity index (χ0) is 26.0. The van der Waals surface area contributed by atoms with E-state index in [1.165, 1.54) is 7.11 Å². The molecule has 14 nitrogen and oxygen atoms in total. The van der Waals surface area contributed by atoms with Crippen LogP contribution >= 0.6 is 0 Å². The Bertz CT molecular complexity index is 827. The Kier molecular flexibility index (Phi) is 8.69. The zero-order valence-electron chi connectivity index (χ0n) is 19.0. The molecule has 35 heavy (non-hydrogen) atoms. The van der Waals surface area contributed by atoms with Crippen molar-refractivity contribution in [1.82, 2.24) is 0 Å². The Hall–Kier alpha value is -2.33. The molecule has 6 N–H and O–H groups in total. The van der Waals surface area contributed by atoms with Gasteiger partial charge in [0.1, 0.15) is 30.5 Å².